The molecule has 0 bridgehead atoms. The molecule has 266 valence electrons. The average molecular weight is 737 g/mol. The molecule has 9 nitrogen and oxygen atoms in total. The van der Waals surface area contributed by atoms with E-state index in [1.54, 1.807) is 42.7 Å². The van der Waals surface area contributed by atoms with Crippen molar-refractivity contribution >= 4 is 50.9 Å². The van der Waals surface area contributed by atoms with Gasteiger partial charge in [-0.15, -0.1) is 0 Å². The maximum atomic E-state index is 14.8. The molecule has 0 aliphatic rings. The zero-order chi connectivity index (χ0) is 34.5. The van der Waals surface area contributed by atoms with Crippen LogP contribution in [0, 0.1) is 0 Å². The molecule has 16 heteroatoms. The molecule has 0 rings (SSSR count). The van der Waals surface area contributed by atoms with Gasteiger partial charge in [-0.2, -0.15) is 0 Å². The largest absolute Gasteiger partial charge is 0.502 e. The smallest absolute Gasteiger partial charge is 0.455 e. The van der Waals surface area contributed by atoms with Gasteiger partial charge in [0.15, 0.2) is 39.6 Å². The standard InChI is InChI=1S/C28H69FO9Si6/c1-26(42(15,16)38-41(13,14)25-27(2)44(33-6,34-7)35-8)19-20-28(29)36-21-17-22-39(9,10)37-40(11,12)23-18-24-43(30-3,31-4)32-5/h26-28H,17-25H2,1-16H3. The molecule has 0 aromatic carbocycles. The maximum absolute atomic E-state index is 14.8. The van der Waals surface area contributed by atoms with Gasteiger partial charge in [0.2, 0.25) is 0 Å². The van der Waals surface area contributed by atoms with Crippen molar-refractivity contribution in [3.05, 3.63) is 0 Å². The zero-order valence-corrected chi connectivity index (χ0v) is 37.1. The number of hydrogen-bond acceptors (Lipinski definition) is 9. The molecule has 0 aliphatic carbocycles. The van der Waals surface area contributed by atoms with Crippen molar-refractivity contribution in [2.75, 3.05) is 49.3 Å². The Kier molecular flexibility index (Phi) is 20.2. The summed E-state index contributed by atoms with van der Waals surface area (Å²) in [6.45, 7) is 22.8. The molecule has 44 heavy (non-hydrogen) atoms. The SMILES string of the molecule is CO[Si](CCC[Si](C)(C)O[Si](C)(C)CCCOC(F)CCC(C)[Si](C)(C)O[Si](C)(C)CC(C)[Si](OC)(OC)OC)(OC)OC. The van der Waals surface area contributed by atoms with Gasteiger partial charge >= 0.3 is 17.6 Å². The first kappa shape index (κ1) is 44.9. The molecular formula is C28H69FO9Si6. The Morgan fingerprint density at radius 2 is 1.02 bits per heavy atom. The molecule has 0 N–H and O–H groups in total. The lowest BCUT2D eigenvalue weighted by atomic mass is 10.2. The van der Waals surface area contributed by atoms with Crippen molar-refractivity contribution in [2.45, 2.75) is 134 Å². The highest BCUT2D eigenvalue weighted by atomic mass is 28.4. The highest BCUT2D eigenvalue weighted by molar-refractivity contribution is 6.86. The maximum Gasteiger partial charge on any atom is 0.502 e. The Morgan fingerprint density at radius 1 is 0.545 bits per heavy atom. The molecule has 0 aliphatic heterocycles. The van der Waals surface area contributed by atoms with Gasteiger partial charge in [-0.1, -0.05) is 13.8 Å². The molecule has 0 radical (unpaired) electrons. The van der Waals surface area contributed by atoms with Crippen LogP contribution in [0.2, 0.25) is 87.6 Å². The molecule has 0 aromatic rings. The molecule has 3 unspecified atom stereocenters. The Balaban J connectivity index is 4.67. The highest BCUT2D eigenvalue weighted by Crippen LogP contribution is 2.37. The first-order valence-electron chi connectivity index (χ1n) is 16.1. The van der Waals surface area contributed by atoms with Crippen LogP contribution in [0.5, 0.6) is 0 Å². The molecule has 3 atom stereocenters. The van der Waals surface area contributed by atoms with Crippen LogP contribution in [0.3, 0.4) is 0 Å². The third-order valence-electron chi connectivity index (χ3n) is 8.78. The summed E-state index contributed by atoms with van der Waals surface area (Å²) >= 11 is 0. The van der Waals surface area contributed by atoms with Gasteiger partial charge in [-0.05, 0) is 95.3 Å². The topological polar surface area (TPSA) is 83.1 Å². The number of ether oxygens (including phenoxy) is 1. The number of rotatable bonds is 26. The van der Waals surface area contributed by atoms with Crippen LogP contribution in [-0.4, -0.2) is 107 Å². The summed E-state index contributed by atoms with van der Waals surface area (Å²) in [6.07, 6.45) is 1.64. The van der Waals surface area contributed by atoms with E-state index < -0.39 is 57.2 Å². The Bertz CT molecular complexity index is 770. The number of hydrogen-bond donors (Lipinski definition) is 0. The lowest BCUT2D eigenvalue weighted by Crippen LogP contribution is -2.52. The third kappa shape index (κ3) is 15.8. The van der Waals surface area contributed by atoms with E-state index in [2.05, 4.69) is 66.2 Å². The first-order valence-corrected chi connectivity index (χ1v) is 32.2. The quantitative estimate of drug-likeness (QED) is 0.0644. The predicted molar refractivity (Wildman–Crippen MR) is 193 cm³/mol. The predicted octanol–water partition coefficient (Wildman–Crippen LogP) is 8.25. The third-order valence-corrected chi connectivity index (χ3v) is 31.2. The van der Waals surface area contributed by atoms with Crippen molar-refractivity contribution in [3.8, 4) is 0 Å². The monoisotopic (exact) mass is 736 g/mol. The van der Waals surface area contributed by atoms with Gasteiger partial charge in [0, 0.05) is 67.3 Å². The van der Waals surface area contributed by atoms with Crippen LogP contribution in [-0.2, 0) is 39.5 Å². The molecule has 0 amide bonds. The van der Waals surface area contributed by atoms with Gasteiger partial charge in [-0.25, -0.2) is 4.39 Å². The summed E-state index contributed by atoms with van der Waals surface area (Å²) in [4.78, 5) is 0. The summed E-state index contributed by atoms with van der Waals surface area (Å²) in [5.74, 6) is 0. The second kappa shape index (κ2) is 19.8. The molecule has 0 fully saturated rings. The van der Waals surface area contributed by atoms with E-state index in [4.69, 9.17) is 39.5 Å². The lowest BCUT2D eigenvalue weighted by molar-refractivity contribution is -0.0443. The summed E-state index contributed by atoms with van der Waals surface area (Å²) in [6, 6.07) is 3.64. The van der Waals surface area contributed by atoms with E-state index in [9.17, 15) is 4.39 Å². The first-order chi connectivity index (χ1) is 20.1. The Hall–Kier alpha value is 0.871. The van der Waals surface area contributed by atoms with Gasteiger partial charge in [0.25, 0.3) is 0 Å². The van der Waals surface area contributed by atoms with Crippen molar-refractivity contribution in [1.82, 2.24) is 0 Å². The fraction of sp³-hybridized carbons (Fsp3) is 1.00. The fourth-order valence-electron chi connectivity index (χ4n) is 6.23. The van der Waals surface area contributed by atoms with Crippen LogP contribution in [0.4, 0.5) is 4.39 Å². The second-order valence-corrected chi connectivity index (χ2v) is 38.7. The van der Waals surface area contributed by atoms with Gasteiger partial charge in [0.05, 0.1) is 0 Å². The van der Waals surface area contributed by atoms with E-state index >= 15 is 0 Å². The lowest BCUT2D eigenvalue weighted by Gasteiger charge is -2.40. The van der Waals surface area contributed by atoms with Crippen molar-refractivity contribution in [1.29, 1.82) is 0 Å². The normalized spacial score (nSPS) is 16.3. The highest BCUT2D eigenvalue weighted by Gasteiger charge is 2.48. The molecule has 0 heterocycles. The van der Waals surface area contributed by atoms with Crippen LogP contribution < -0.4 is 0 Å². The molecule has 0 saturated heterocycles. The van der Waals surface area contributed by atoms with Crippen LogP contribution in [0.1, 0.15) is 39.5 Å². The minimum atomic E-state index is -2.73. The van der Waals surface area contributed by atoms with Gasteiger partial charge in [0.1, 0.15) is 0 Å². The van der Waals surface area contributed by atoms with E-state index in [1.165, 1.54) is 0 Å². The second-order valence-electron chi connectivity index (χ2n) is 14.4. The van der Waals surface area contributed by atoms with Crippen molar-refractivity contribution in [2.24, 2.45) is 0 Å². The van der Waals surface area contributed by atoms with E-state index in [1.807, 2.05) is 0 Å². The summed E-state index contributed by atoms with van der Waals surface area (Å²) in [7, 11) is -3.24. The summed E-state index contributed by atoms with van der Waals surface area (Å²) in [5, 5.41) is 0. The summed E-state index contributed by atoms with van der Waals surface area (Å²) < 4.78 is 67.9. The van der Waals surface area contributed by atoms with Gasteiger partial charge in [-0.3, -0.25) is 0 Å². The number of alkyl halides is 1. The van der Waals surface area contributed by atoms with Crippen LogP contribution in [0.15, 0.2) is 0 Å². The Morgan fingerprint density at radius 3 is 1.48 bits per heavy atom. The zero-order valence-electron chi connectivity index (χ0n) is 31.1. The van der Waals surface area contributed by atoms with Crippen molar-refractivity contribution < 1.29 is 43.9 Å². The number of halogens is 1. The Labute approximate surface area is 276 Å². The van der Waals surface area contributed by atoms with E-state index in [0.717, 1.165) is 43.4 Å². The van der Waals surface area contributed by atoms with Crippen LogP contribution >= 0.6 is 0 Å². The van der Waals surface area contributed by atoms with E-state index in [-0.39, 0.29) is 5.54 Å². The van der Waals surface area contributed by atoms with Crippen LogP contribution in [0.25, 0.3) is 0 Å². The molecule has 0 spiro atoms. The fourth-order valence-corrected chi connectivity index (χ4v) is 30.5. The van der Waals surface area contributed by atoms with Gasteiger partial charge < -0.3 is 39.5 Å². The minimum absolute atomic E-state index is 0.134. The summed E-state index contributed by atoms with van der Waals surface area (Å²) in [5.41, 5.74) is 0.436. The average Bonchev–Trinajstić information content (AvgIpc) is 2.92. The van der Waals surface area contributed by atoms with E-state index in [0.29, 0.717) is 18.6 Å². The van der Waals surface area contributed by atoms with Crippen molar-refractivity contribution in [3.63, 3.8) is 0 Å². The molecule has 0 saturated carbocycles. The minimum Gasteiger partial charge on any atom is -0.455 e. The molecule has 0 aromatic heterocycles. The molecular weight excluding hydrogens is 668 g/mol.